The molecule has 2 rings (SSSR count). The number of nitrogens with zero attached hydrogens (tertiary/aromatic N) is 2. The minimum Gasteiger partial charge on any atom is -0.352 e. The van der Waals surface area contributed by atoms with Crippen molar-refractivity contribution in [3.05, 3.63) is 53.4 Å². The monoisotopic (exact) mass is 347 g/mol. The standard InChI is InChI=1S/C17H21N3O3S/c1-13-16(9-10-17(21)18-11-12-24(3,22)23)14(2)20(19-13)15-7-5-4-6-8-15/h4-10H,11-12H2,1-3H3,(H,18,21)/b10-9-. The summed E-state index contributed by atoms with van der Waals surface area (Å²) < 4.78 is 23.9. The van der Waals surface area contributed by atoms with Gasteiger partial charge in [0.05, 0.1) is 17.1 Å². The predicted molar refractivity (Wildman–Crippen MR) is 94.8 cm³/mol. The topological polar surface area (TPSA) is 81.1 Å². The van der Waals surface area contributed by atoms with Crippen molar-refractivity contribution in [1.82, 2.24) is 15.1 Å². The zero-order valence-electron chi connectivity index (χ0n) is 14.0. The highest BCUT2D eigenvalue weighted by Crippen LogP contribution is 2.18. The summed E-state index contributed by atoms with van der Waals surface area (Å²) in [6.45, 7) is 3.92. The Morgan fingerprint density at radius 1 is 1.25 bits per heavy atom. The van der Waals surface area contributed by atoms with E-state index in [0.29, 0.717) is 0 Å². The van der Waals surface area contributed by atoms with Crippen LogP contribution in [0.25, 0.3) is 11.8 Å². The first kappa shape index (κ1) is 17.9. The number of amides is 1. The Kier molecular flexibility index (Phi) is 5.56. The van der Waals surface area contributed by atoms with Gasteiger partial charge in [-0.05, 0) is 32.1 Å². The van der Waals surface area contributed by atoms with E-state index >= 15 is 0 Å². The normalized spacial score (nSPS) is 11.8. The molecule has 0 bridgehead atoms. The van der Waals surface area contributed by atoms with Crippen molar-refractivity contribution >= 4 is 21.8 Å². The maximum Gasteiger partial charge on any atom is 0.244 e. The first-order valence-electron chi connectivity index (χ1n) is 7.53. The first-order valence-corrected chi connectivity index (χ1v) is 9.59. The van der Waals surface area contributed by atoms with E-state index in [9.17, 15) is 13.2 Å². The van der Waals surface area contributed by atoms with E-state index in [4.69, 9.17) is 0 Å². The summed E-state index contributed by atoms with van der Waals surface area (Å²) in [6, 6.07) is 9.75. The zero-order chi connectivity index (χ0) is 17.7. The van der Waals surface area contributed by atoms with E-state index < -0.39 is 9.84 Å². The molecule has 7 heteroatoms. The average molecular weight is 347 g/mol. The highest BCUT2D eigenvalue weighted by atomic mass is 32.2. The Labute approximate surface area is 142 Å². The Morgan fingerprint density at radius 2 is 1.92 bits per heavy atom. The highest BCUT2D eigenvalue weighted by molar-refractivity contribution is 7.90. The quantitative estimate of drug-likeness (QED) is 0.806. The Balaban J connectivity index is 2.10. The van der Waals surface area contributed by atoms with Crippen LogP contribution in [0.5, 0.6) is 0 Å². The van der Waals surface area contributed by atoms with Gasteiger partial charge in [0.25, 0.3) is 0 Å². The fourth-order valence-corrected chi connectivity index (χ4v) is 2.77. The average Bonchev–Trinajstić information content (AvgIpc) is 2.79. The van der Waals surface area contributed by atoms with E-state index in [0.717, 1.165) is 28.9 Å². The summed E-state index contributed by atoms with van der Waals surface area (Å²) >= 11 is 0. The molecule has 1 amide bonds. The van der Waals surface area contributed by atoms with E-state index in [2.05, 4.69) is 10.4 Å². The van der Waals surface area contributed by atoms with Gasteiger partial charge in [0.1, 0.15) is 9.84 Å². The number of rotatable bonds is 6. The van der Waals surface area contributed by atoms with Crippen LogP contribution in [0.2, 0.25) is 0 Å². The molecule has 128 valence electrons. The van der Waals surface area contributed by atoms with Crippen molar-refractivity contribution < 1.29 is 13.2 Å². The lowest BCUT2D eigenvalue weighted by Gasteiger charge is -2.03. The molecular weight excluding hydrogens is 326 g/mol. The molecule has 0 atom stereocenters. The van der Waals surface area contributed by atoms with Crippen LogP contribution in [0.15, 0.2) is 36.4 Å². The van der Waals surface area contributed by atoms with Gasteiger partial charge in [-0.15, -0.1) is 0 Å². The van der Waals surface area contributed by atoms with Crippen LogP contribution in [-0.4, -0.2) is 42.7 Å². The number of nitrogens with one attached hydrogen (secondary N) is 1. The summed E-state index contributed by atoms with van der Waals surface area (Å²) in [7, 11) is -3.08. The molecule has 0 unspecified atom stereocenters. The minimum atomic E-state index is -3.08. The summed E-state index contributed by atoms with van der Waals surface area (Å²) in [5, 5.41) is 7.06. The second-order valence-corrected chi connectivity index (χ2v) is 7.85. The fraction of sp³-hybridized carbons (Fsp3) is 0.294. The lowest BCUT2D eigenvalue weighted by atomic mass is 10.2. The van der Waals surface area contributed by atoms with Crippen LogP contribution in [0, 0.1) is 13.8 Å². The predicted octanol–water partition coefficient (Wildman–Crippen LogP) is 1.66. The third-order valence-electron chi connectivity index (χ3n) is 3.52. The van der Waals surface area contributed by atoms with Crippen LogP contribution in [-0.2, 0) is 14.6 Å². The van der Waals surface area contributed by atoms with Crippen LogP contribution in [0.4, 0.5) is 0 Å². The largest absolute Gasteiger partial charge is 0.352 e. The number of sulfone groups is 1. The molecule has 1 heterocycles. The first-order chi connectivity index (χ1) is 11.3. The maximum atomic E-state index is 11.8. The third kappa shape index (κ3) is 4.79. The second-order valence-electron chi connectivity index (χ2n) is 5.59. The van der Waals surface area contributed by atoms with Crippen LogP contribution in [0.3, 0.4) is 0 Å². The minimum absolute atomic E-state index is 0.0728. The summed E-state index contributed by atoms with van der Waals surface area (Å²) in [4.78, 5) is 11.8. The van der Waals surface area contributed by atoms with Gasteiger partial charge in [-0.1, -0.05) is 18.2 Å². The Morgan fingerprint density at radius 3 is 2.54 bits per heavy atom. The molecule has 0 aliphatic carbocycles. The van der Waals surface area contributed by atoms with E-state index in [1.165, 1.54) is 6.08 Å². The SMILES string of the molecule is Cc1nn(-c2ccccc2)c(C)c1/C=C\C(=O)NCCS(C)(=O)=O. The number of hydrogen-bond acceptors (Lipinski definition) is 4. The highest BCUT2D eigenvalue weighted by Gasteiger charge is 2.10. The van der Waals surface area contributed by atoms with Crippen molar-refractivity contribution in [2.75, 3.05) is 18.6 Å². The van der Waals surface area contributed by atoms with E-state index in [1.807, 2.05) is 48.9 Å². The van der Waals surface area contributed by atoms with Gasteiger partial charge in [0, 0.05) is 30.1 Å². The lowest BCUT2D eigenvalue weighted by Crippen LogP contribution is -2.27. The van der Waals surface area contributed by atoms with Crippen molar-refractivity contribution in [2.45, 2.75) is 13.8 Å². The fourth-order valence-electron chi connectivity index (χ4n) is 2.29. The number of aryl methyl sites for hydroxylation is 1. The molecule has 2 aromatic rings. The van der Waals surface area contributed by atoms with E-state index in [1.54, 1.807) is 6.08 Å². The van der Waals surface area contributed by atoms with Crippen molar-refractivity contribution in [3.8, 4) is 5.69 Å². The van der Waals surface area contributed by atoms with Crippen LogP contribution < -0.4 is 5.32 Å². The van der Waals surface area contributed by atoms with Crippen molar-refractivity contribution in [1.29, 1.82) is 0 Å². The molecule has 1 aromatic heterocycles. The number of hydrogen-bond donors (Lipinski definition) is 1. The van der Waals surface area contributed by atoms with Gasteiger partial charge in [0.15, 0.2) is 0 Å². The molecule has 24 heavy (non-hydrogen) atoms. The van der Waals surface area contributed by atoms with Crippen LogP contribution >= 0.6 is 0 Å². The molecule has 0 aliphatic heterocycles. The van der Waals surface area contributed by atoms with Gasteiger partial charge in [-0.2, -0.15) is 5.10 Å². The number of para-hydroxylation sites is 1. The van der Waals surface area contributed by atoms with Gasteiger partial charge in [-0.25, -0.2) is 13.1 Å². The van der Waals surface area contributed by atoms with Gasteiger partial charge >= 0.3 is 0 Å². The summed E-state index contributed by atoms with van der Waals surface area (Å²) in [5.41, 5.74) is 3.57. The molecule has 0 saturated heterocycles. The Hall–Kier alpha value is -2.41. The molecule has 1 N–H and O–H groups in total. The van der Waals surface area contributed by atoms with Crippen molar-refractivity contribution in [3.63, 3.8) is 0 Å². The number of carbonyl (C=O) groups excluding carboxylic acids is 1. The molecule has 0 spiro atoms. The number of aromatic nitrogens is 2. The van der Waals surface area contributed by atoms with Crippen LogP contribution in [0.1, 0.15) is 17.0 Å². The molecule has 0 aliphatic rings. The third-order valence-corrected chi connectivity index (χ3v) is 4.47. The smallest absolute Gasteiger partial charge is 0.244 e. The molecule has 0 radical (unpaired) electrons. The number of carbonyl (C=O) groups is 1. The molecule has 0 fully saturated rings. The maximum absolute atomic E-state index is 11.8. The van der Waals surface area contributed by atoms with Gasteiger partial charge < -0.3 is 5.32 Å². The lowest BCUT2D eigenvalue weighted by molar-refractivity contribution is -0.116. The Bertz CT molecular complexity index is 853. The van der Waals surface area contributed by atoms with Gasteiger partial charge in [0.2, 0.25) is 5.91 Å². The van der Waals surface area contributed by atoms with E-state index in [-0.39, 0.29) is 18.2 Å². The second kappa shape index (κ2) is 7.44. The molecular formula is C17H21N3O3S. The molecule has 1 aromatic carbocycles. The summed E-state index contributed by atoms with van der Waals surface area (Å²) in [5.74, 6) is -0.402. The zero-order valence-corrected chi connectivity index (χ0v) is 14.8. The molecule has 6 nitrogen and oxygen atoms in total. The number of benzene rings is 1. The van der Waals surface area contributed by atoms with Gasteiger partial charge in [-0.3, -0.25) is 4.79 Å². The summed E-state index contributed by atoms with van der Waals surface area (Å²) in [6.07, 6.45) is 4.24. The van der Waals surface area contributed by atoms with Crippen molar-refractivity contribution in [2.24, 2.45) is 0 Å². The molecule has 0 saturated carbocycles.